The van der Waals surface area contributed by atoms with Crippen molar-refractivity contribution in [1.82, 2.24) is 5.32 Å². The number of aryl methyl sites for hydroxylation is 1. The fraction of sp³-hybridized carbons (Fsp3) is 0.611. The van der Waals surface area contributed by atoms with Crippen LogP contribution in [0.5, 0.6) is 0 Å². The average Bonchev–Trinajstić information content (AvgIpc) is 2.98. The van der Waals surface area contributed by atoms with Gasteiger partial charge in [0.2, 0.25) is 0 Å². The van der Waals surface area contributed by atoms with Crippen LogP contribution >= 0.6 is 0 Å². The first kappa shape index (κ1) is 16.2. The number of nitrogens with zero attached hydrogens (tertiary/aromatic N) is 1. The molecule has 0 amide bonds. The Hall–Kier alpha value is -1.62. The van der Waals surface area contributed by atoms with Gasteiger partial charge in [0.1, 0.15) is 11.4 Å². The second-order valence-corrected chi connectivity index (χ2v) is 6.93. The zero-order valence-corrected chi connectivity index (χ0v) is 13.6. The molecule has 23 heavy (non-hydrogen) atoms. The number of hydrogen-bond donors (Lipinski definition) is 2. The Bertz CT molecular complexity index is 576. The van der Waals surface area contributed by atoms with Gasteiger partial charge in [0.25, 0.3) is 0 Å². The molecule has 1 saturated heterocycles. The van der Waals surface area contributed by atoms with Gasteiger partial charge in [-0.25, -0.2) is 4.39 Å². The highest BCUT2D eigenvalue weighted by Gasteiger charge is 2.42. The van der Waals surface area contributed by atoms with Gasteiger partial charge in [-0.1, -0.05) is 12.8 Å². The van der Waals surface area contributed by atoms with Crippen LogP contribution in [0.1, 0.15) is 44.1 Å². The maximum atomic E-state index is 13.2. The number of carboxylic acids is 1. The molecule has 1 aliphatic carbocycles. The molecule has 5 heteroatoms. The van der Waals surface area contributed by atoms with E-state index >= 15 is 0 Å². The van der Waals surface area contributed by atoms with Crippen LogP contribution in [0.3, 0.4) is 0 Å². The number of rotatable bonds is 4. The minimum absolute atomic E-state index is 0.201. The molecule has 1 aliphatic heterocycles. The zero-order chi connectivity index (χ0) is 16.4. The quantitative estimate of drug-likeness (QED) is 0.895. The van der Waals surface area contributed by atoms with Crippen molar-refractivity contribution in [3.05, 3.63) is 29.6 Å². The van der Waals surface area contributed by atoms with Gasteiger partial charge in [0.15, 0.2) is 0 Å². The fourth-order valence-electron chi connectivity index (χ4n) is 4.03. The second-order valence-electron chi connectivity index (χ2n) is 6.93. The van der Waals surface area contributed by atoms with Gasteiger partial charge >= 0.3 is 5.97 Å². The van der Waals surface area contributed by atoms with Crippen molar-refractivity contribution in [2.24, 2.45) is 0 Å². The van der Waals surface area contributed by atoms with Crippen LogP contribution in [0.2, 0.25) is 0 Å². The third kappa shape index (κ3) is 3.34. The summed E-state index contributed by atoms with van der Waals surface area (Å²) in [6.07, 6.45) is 5.30. The number of carboxylic acid groups (broad SMARTS) is 1. The molecule has 126 valence electrons. The molecule has 1 aromatic rings. The van der Waals surface area contributed by atoms with E-state index in [-0.39, 0.29) is 11.9 Å². The number of carbonyl (C=O) groups is 1. The molecule has 1 saturated carbocycles. The molecule has 2 aliphatic rings. The van der Waals surface area contributed by atoms with Gasteiger partial charge in [-0.15, -0.1) is 0 Å². The maximum Gasteiger partial charge on any atom is 0.323 e. The van der Waals surface area contributed by atoms with Gasteiger partial charge in [0, 0.05) is 24.8 Å². The number of anilines is 1. The van der Waals surface area contributed by atoms with E-state index in [1.54, 1.807) is 6.07 Å². The third-order valence-corrected chi connectivity index (χ3v) is 5.34. The van der Waals surface area contributed by atoms with E-state index in [9.17, 15) is 14.3 Å². The lowest BCUT2D eigenvalue weighted by atomic mass is 9.93. The largest absolute Gasteiger partial charge is 0.480 e. The highest BCUT2D eigenvalue weighted by molar-refractivity contribution is 5.79. The van der Waals surface area contributed by atoms with Crippen LogP contribution in [-0.2, 0) is 4.79 Å². The maximum absolute atomic E-state index is 13.2. The van der Waals surface area contributed by atoms with Gasteiger partial charge in [-0.05, 0) is 56.4 Å². The van der Waals surface area contributed by atoms with E-state index < -0.39 is 11.5 Å². The Balaban J connectivity index is 1.61. The summed E-state index contributed by atoms with van der Waals surface area (Å²) in [7, 11) is 0. The summed E-state index contributed by atoms with van der Waals surface area (Å²) in [4.78, 5) is 13.9. The van der Waals surface area contributed by atoms with Crippen molar-refractivity contribution in [3.63, 3.8) is 0 Å². The molecule has 3 rings (SSSR count). The van der Waals surface area contributed by atoms with Gasteiger partial charge in [-0.3, -0.25) is 10.1 Å². The summed E-state index contributed by atoms with van der Waals surface area (Å²) in [5.74, 6) is -0.903. The van der Waals surface area contributed by atoms with Crippen molar-refractivity contribution in [3.8, 4) is 0 Å². The first-order valence-corrected chi connectivity index (χ1v) is 8.52. The van der Waals surface area contributed by atoms with E-state index in [1.165, 1.54) is 6.07 Å². The molecule has 1 heterocycles. The lowest BCUT2D eigenvalue weighted by Crippen LogP contribution is -2.56. The summed E-state index contributed by atoms with van der Waals surface area (Å²) in [6.45, 7) is 3.68. The van der Waals surface area contributed by atoms with E-state index in [2.05, 4.69) is 10.2 Å². The summed E-state index contributed by atoms with van der Waals surface area (Å²) in [6, 6.07) is 5.16. The van der Waals surface area contributed by atoms with Crippen LogP contribution in [0.25, 0.3) is 0 Å². The van der Waals surface area contributed by atoms with Crippen molar-refractivity contribution < 1.29 is 14.3 Å². The molecule has 0 bridgehead atoms. The number of hydrogen-bond acceptors (Lipinski definition) is 3. The van der Waals surface area contributed by atoms with Gasteiger partial charge in [-0.2, -0.15) is 0 Å². The summed E-state index contributed by atoms with van der Waals surface area (Å²) >= 11 is 0. The summed E-state index contributed by atoms with van der Waals surface area (Å²) in [5, 5.41) is 13.0. The smallest absolute Gasteiger partial charge is 0.323 e. The average molecular weight is 320 g/mol. The molecule has 0 spiro atoms. The zero-order valence-electron chi connectivity index (χ0n) is 13.6. The standard InChI is InChI=1S/C18H25FN2O2/c1-13-12-14(19)4-5-16(13)21-10-6-15(7-11-21)20-18(17(22)23)8-2-3-9-18/h4-5,12,15,20H,2-3,6-11H2,1H3,(H,22,23). The molecule has 0 unspecified atom stereocenters. The normalized spacial score (nSPS) is 21.6. The first-order valence-electron chi connectivity index (χ1n) is 8.52. The van der Waals surface area contributed by atoms with Crippen LogP contribution in [0, 0.1) is 12.7 Å². The summed E-state index contributed by atoms with van der Waals surface area (Å²) in [5.41, 5.74) is 1.33. The Labute approximate surface area is 136 Å². The summed E-state index contributed by atoms with van der Waals surface area (Å²) < 4.78 is 13.2. The molecule has 0 radical (unpaired) electrons. The van der Waals surface area contributed by atoms with Crippen molar-refractivity contribution in [1.29, 1.82) is 0 Å². The van der Waals surface area contributed by atoms with E-state index in [1.807, 2.05) is 13.0 Å². The van der Waals surface area contributed by atoms with E-state index in [0.717, 1.165) is 62.9 Å². The van der Waals surface area contributed by atoms with Gasteiger partial charge in [0.05, 0.1) is 0 Å². The van der Waals surface area contributed by atoms with E-state index in [0.29, 0.717) is 0 Å². The molecule has 0 aromatic heterocycles. The lowest BCUT2D eigenvalue weighted by Gasteiger charge is -2.38. The Kier molecular flexibility index (Phi) is 4.57. The number of benzene rings is 1. The predicted molar refractivity (Wildman–Crippen MR) is 88.3 cm³/mol. The minimum Gasteiger partial charge on any atom is -0.480 e. The number of halogens is 1. The molecular weight excluding hydrogens is 295 g/mol. The van der Waals surface area contributed by atoms with Crippen molar-refractivity contribution >= 4 is 11.7 Å². The van der Waals surface area contributed by atoms with Crippen molar-refractivity contribution in [2.75, 3.05) is 18.0 Å². The molecule has 2 N–H and O–H groups in total. The van der Waals surface area contributed by atoms with Crippen molar-refractivity contribution in [2.45, 2.75) is 57.0 Å². The van der Waals surface area contributed by atoms with Crippen LogP contribution in [-0.4, -0.2) is 35.7 Å². The second kappa shape index (κ2) is 6.48. The molecule has 4 nitrogen and oxygen atoms in total. The van der Waals surface area contributed by atoms with Crippen LogP contribution in [0.15, 0.2) is 18.2 Å². The van der Waals surface area contributed by atoms with E-state index in [4.69, 9.17) is 0 Å². The highest BCUT2D eigenvalue weighted by atomic mass is 19.1. The Morgan fingerprint density at radius 2 is 1.96 bits per heavy atom. The molecule has 0 atom stereocenters. The number of nitrogens with one attached hydrogen (secondary N) is 1. The first-order chi connectivity index (χ1) is 11.0. The fourth-order valence-corrected chi connectivity index (χ4v) is 4.03. The highest BCUT2D eigenvalue weighted by Crippen LogP contribution is 2.32. The monoisotopic (exact) mass is 320 g/mol. The Morgan fingerprint density at radius 1 is 1.30 bits per heavy atom. The molecular formula is C18H25FN2O2. The SMILES string of the molecule is Cc1cc(F)ccc1N1CCC(NC2(C(=O)O)CCCC2)CC1. The van der Waals surface area contributed by atoms with Crippen LogP contribution in [0.4, 0.5) is 10.1 Å². The topological polar surface area (TPSA) is 52.6 Å². The predicted octanol–water partition coefficient (Wildman–Crippen LogP) is 3.09. The minimum atomic E-state index is -0.710. The van der Waals surface area contributed by atoms with Crippen LogP contribution < -0.4 is 10.2 Å². The number of aliphatic carboxylic acids is 1. The van der Waals surface area contributed by atoms with Gasteiger partial charge < -0.3 is 10.0 Å². The molecule has 2 fully saturated rings. The lowest BCUT2D eigenvalue weighted by molar-refractivity contribution is -0.145. The Morgan fingerprint density at radius 3 is 2.52 bits per heavy atom. The molecule has 1 aromatic carbocycles. The number of piperidine rings is 1. The third-order valence-electron chi connectivity index (χ3n) is 5.34.